The van der Waals surface area contributed by atoms with Crippen LogP contribution in [0, 0.1) is 11.3 Å². The molecule has 0 aliphatic rings. The van der Waals surface area contributed by atoms with Gasteiger partial charge in [-0.2, -0.15) is 5.26 Å². The van der Waals surface area contributed by atoms with Crippen LogP contribution in [0.4, 0.5) is 5.69 Å². The van der Waals surface area contributed by atoms with Crippen molar-refractivity contribution in [1.29, 1.82) is 5.26 Å². The average molecular weight is 313 g/mol. The number of anilines is 1. The number of hydrogen-bond donors (Lipinski definition) is 1. The van der Waals surface area contributed by atoms with Crippen LogP contribution in [0.25, 0.3) is 11.0 Å². The van der Waals surface area contributed by atoms with Gasteiger partial charge in [-0.25, -0.2) is 8.42 Å². The molecule has 0 saturated carbocycles. The van der Waals surface area contributed by atoms with Crippen molar-refractivity contribution >= 4 is 26.7 Å². The number of benzene rings is 2. The van der Waals surface area contributed by atoms with Gasteiger partial charge in [-0.15, -0.1) is 0 Å². The smallest absolute Gasteiger partial charge is 0.238 e. The maximum Gasteiger partial charge on any atom is 0.238 e. The number of nitriles is 1. The Bertz CT molecular complexity index is 971. The monoisotopic (exact) mass is 313 g/mol. The van der Waals surface area contributed by atoms with E-state index in [0.717, 1.165) is 0 Å². The van der Waals surface area contributed by atoms with Crippen molar-refractivity contribution in [2.24, 2.45) is 0 Å². The highest BCUT2D eigenvalue weighted by Crippen LogP contribution is 2.21. The Hall–Kier alpha value is -2.85. The molecule has 0 unspecified atom stereocenters. The Morgan fingerprint density at radius 2 is 1.86 bits per heavy atom. The molecule has 1 heterocycles. The van der Waals surface area contributed by atoms with E-state index in [1.54, 1.807) is 42.5 Å². The summed E-state index contributed by atoms with van der Waals surface area (Å²) in [5.41, 5.74) is 1.37. The van der Waals surface area contributed by atoms with Crippen LogP contribution in [0.1, 0.15) is 11.3 Å². The van der Waals surface area contributed by atoms with E-state index in [1.165, 1.54) is 6.07 Å². The zero-order chi connectivity index (χ0) is 15.6. The fourth-order valence-corrected chi connectivity index (χ4v) is 3.25. The number of fused-ring (bicyclic) bond motifs is 1. The van der Waals surface area contributed by atoms with Gasteiger partial charge in [0.15, 0.2) is 5.58 Å². The van der Waals surface area contributed by atoms with Gasteiger partial charge in [0, 0.05) is 5.39 Å². The van der Waals surface area contributed by atoms with E-state index >= 15 is 0 Å². The highest BCUT2D eigenvalue weighted by Gasteiger charge is 2.18. The Labute approximate surface area is 127 Å². The molecule has 0 atom stereocenters. The van der Waals surface area contributed by atoms with Gasteiger partial charge in [-0.05, 0) is 24.3 Å². The van der Waals surface area contributed by atoms with Crippen LogP contribution in [0.2, 0.25) is 0 Å². The molecule has 7 heteroatoms. The van der Waals surface area contributed by atoms with Crippen molar-refractivity contribution in [2.45, 2.75) is 5.75 Å². The molecule has 110 valence electrons. The third kappa shape index (κ3) is 2.77. The summed E-state index contributed by atoms with van der Waals surface area (Å²) >= 11 is 0. The fraction of sp³-hybridized carbons (Fsp3) is 0.0667. The lowest BCUT2D eigenvalue weighted by molar-refractivity contribution is 0.448. The normalized spacial score (nSPS) is 11.2. The van der Waals surface area contributed by atoms with Crippen molar-refractivity contribution in [3.8, 4) is 6.07 Å². The lowest BCUT2D eigenvalue weighted by Gasteiger charge is -2.08. The summed E-state index contributed by atoms with van der Waals surface area (Å²) in [5, 5.41) is 13.5. The highest BCUT2D eigenvalue weighted by molar-refractivity contribution is 7.91. The van der Waals surface area contributed by atoms with Crippen LogP contribution in [-0.2, 0) is 15.8 Å². The van der Waals surface area contributed by atoms with Gasteiger partial charge < -0.3 is 4.52 Å². The summed E-state index contributed by atoms with van der Waals surface area (Å²) in [6.45, 7) is 0. The molecule has 3 rings (SSSR count). The molecule has 0 amide bonds. The van der Waals surface area contributed by atoms with Gasteiger partial charge in [0.2, 0.25) is 10.0 Å². The molecule has 0 spiro atoms. The first-order valence-electron chi connectivity index (χ1n) is 6.42. The van der Waals surface area contributed by atoms with Gasteiger partial charge in [0.1, 0.15) is 17.5 Å². The van der Waals surface area contributed by atoms with E-state index in [0.29, 0.717) is 16.7 Å². The maximum atomic E-state index is 12.3. The van der Waals surface area contributed by atoms with E-state index < -0.39 is 10.0 Å². The van der Waals surface area contributed by atoms with Crippen molar-refractivity contribution < 1.29 is 12.9 Å². The van der Waals surface area contributed by atoms with Crippen LogP contribution in [-0.4, -0.2) is 13.6 Å². The first-order valence-corrected chi connectivity index (χ1v) is 8.07. The molecule has 1 N–H and O–H groups in total. The van der Waals surface area contributed by atoms with E-state index in [1.807, 2.05) is 6.07 Å². The molecule has 1 aromatic heterocycles. The lowest BCUT2D eigenvalue weighted by Crippen LogP contribution is -2.16. The second-order valence-corrected chi connectivity index (χ2v) is 6.37. The van der Waals surface area contributed by atoms with E-state index in [-0.39, 0.29) is 17.0 Å². The van der Waals surface area contributed by atoms with Crippen molar-refractivity contribution in [2.75, 3.05) is 4.72 Å². The standard InChI is InChI=1S/C15H11N3O3S/c16-9-11-5-1-3-7-13(11)18-22(19,20)10-14-12-6-2-4-8-15(12)21-17-14/h1-8,18H,10H2. The SMILES string of the molecule is N#Cc1ccccc1NS(=O)(=O)Cc1noc2ccccc12. The van der Waals surface area contributed by atoms with Gasteiger partial charge in [-0.3, -0.25) is 4.72 Å². The lowest BCUT2D eigenvalue weighted by atomic mass is 10.2. The van der Waals surface area contributed by atoms with E-state index in [2.05, 4.69) is 9.88 Å². The molecule has 0 radical (unpaired) electrons. The molecule has 2 aromatic carbocycles. The molecule has 0 saturated heterocycles. The molecular formula is C15H11N3O3S. The van der Waals surface area contributed by atoms with Crippen LogP contribution in [0.3, 0.4) is 0 Å². The predicted molar refractivity (Wildman–Crippen MR) is 81.4 cm³/mol. The fourth-order valence-electron chi connectivity index (χ4n) is 2.10. The zero-order valence-corrected chi connectivity index (χ0v) is 12.2. The van der Waals surface area contributed by atoms with Gasteiger partial charge >= 0.3 is 0 Å². The minimum Gasteiger partial charge on any atom is -0.356 e. The molecule has 6 nitrogen and oxygen atoms in total. The summed E-state index contributed by atoms with van der Waals surface area (Å²) in [5.74, 6) is -0.330. The highest BCUT2D eigenvalue weighted by atomic mass is 32.2. The number of para-hydroxylation sites is 2. The van der Waals surface area contributed by atoms with Crippen LogP contribution >= 0.6 is 0 Å². The van der Waals surface area contributed by atoms with Crippen molar-refractivity contribution in [3.63, 3.8) is 0 Å². The Morgan fingerprint density at radius 3 is 2.68 bits per heavy atom. The number of hydrogen-bond acceptors (Lipinski definition) is 5. The Balaban J connectivity index is 1.90. The Morgan fingerprint density at radius 1 is 1.14 bits per heavy atom. The minimum absolute atomic E-state index is 0.248. The summed E-state index contributed by atoms with van der Waals surface area (Å²) < 4.78 is 32.1. The minimum atomic E-state index is -3.71. The molecule has 0 aliphatic carbocycles. The van der Waals surface area contributed by atoms with Crippen LogP contribution < -0.4 is 4.72 Å². The van der Waals surface area contributed by atoms with E-state index in [9.17, 15) is 8.42 Å². The third-order valence-electron chi connectivity index (χ3n) is 3.09. The first-order chi connectivity index (χ1) is 10.6. The topological polar surface area (TPSA) is 96.0 Å². The second kappa shape index (κ2) is 5.50. The average Bonchev–Trinajstić information content (AvgIpc) is 2.90. The summed E-state index contributed by atoms with van der Waals surface area (Å²) in [6.07, 6.45) is 0. The van der Waals surface area contributed by atoms with Crippen molar-refractivity contribution in [1.82, 2.24) is 5.16 Å². The van der Waals surface area contributed by atoms with Gasteiger partial charge in [0.25, 0.3) is 0 Å². The molecule has 3 aromatic rings. The third-order valence-corrected chi connectivity index (χ3v) is 4.28. The second-order valence-electron chi connectivity index (χ2n) is 4.64. The molecule has 0 aliphatic heterocycles. The summed E-state index contributed by atoms with van der Waals surface area (Å²) in [4.78, 5) is 0. The predicted octanol–water partition coefficient (Wildman–Crippen LogP) is 2.64. The first kappa shape index (κ1) is 14.1. The van der Waals surface area contributed by atoms with Gasteiger partial charge in [-0.1, -0.05) is 29.4 Å². The number of nitrogens with zero attached hydrogens (tertiary/aromatic N) is 2. The number of sulfonamides is 1. The molecule has 22 heavy (non-hydrogen) atoms. The number of rotatable bonds is 4. The molecular weight excluding hydrogens is 302 g/mol. The number of aromatic nitrogens is 1. The van der Waals surface area contributed by atoms with Crippen molar-refractivity contribution in [3.05, 3.63) is 59.8 Å². The zero-order valence-electron chi connectivity index (χ0n) is 11.4. The summed E-state index contributed by atoms with van der Waals surface area (Å²) in [7, 11) is -3.71. The largest absolute Gasteiger partial charge is 0.356 e. The molecule has 0 bridgehead atoms. The van der Waals surface area contributed by atoms with E-state index in [4.69, 9.17) is 9.78 Å². The summed E-state index contributed by atoms with van der Waals surface area (Å²) in [6, 6.07) is 15.4. The van der Waals surface area contributed by atoms with Gasteiger partial charge in [0.05, 0.1) is 11.3 Å². The quantitative estimate of drug-likeness (QED) is 0.798. The van der Waals surface area contributed by atoms with Crippen LogP contribution in [0.15, 0.2) is 53.1 Å². The Kier molecular flexibility index (Phi) is 3.53. The number of nitrogens with one attached hydrogen (secondary N) is 1. The maximum absolute atomic E-state index is 12.3. The van der Waals surface area contributed by atoms with Crippen LogP contribution in [0.5, 0.6) is 0 Å². The molecule has 0 fully saturated rings.